The number of aromatic nitrogens is 1. The zero-order chi connectivity index (χ0) is 19.1. The number of pyridine rings is 1. The summed E-state index contributed by atoms with van der Waals surface area (Å²) in [5.41, 5.74) is 1.60. The molecule has 0 radical (unpaired) electrons. The van der Waals surface area contributed by atoms with Crippen LogP contribution in [0.3, 0.4) is 0 Å². The molecule has 1 aromatic carbocycles. The number of benzene rings is 1. The van der Waals surface area contributed by atoms with Crippen LogP contribution in [0.4, 0.5) is 5.82 Å². The molecule has 1 saturated heterocycles. The average molecular weight is 369 g/mol. The average Bonchev–Trinajstić information content (AvgIpc) is 3.23. The molecule has 0 aliphatic carbocycles. The van der Waals surface area contributed by atoms with E-state index in [0.29, 0.717) is 24.5 Å². The van der Waals surface area contributed by atoms with E-state index >= 15 is 0 Å². The maximum absolute atomic E-state index is 12.2. The first kappa shape index (κ1) is 19.2. The number of likely N-dealkylation sites (tertiary alicyclic amines) is 1. The quantitative estimate of drug-likeness (QED) is 0.719. The van der Waals surface area contributed by atoms with Gasteiger partial charge in [-0.25, -0.2) is 9.78 Å². The molecule has 27 heavy (non-hydrogen) atoms. The Morgan fingerprint density at radius 1 is 1.22 bits per heavy atom. The molecule has 0 bridgehead atoms. The second kappa shape index (κ2) is 9.37. The third kappa shape index (κ3) is 4.57. The van der Waals surface area contributed by atoms with Crippen molar-refractivity contribution in [1.82, 2.24) is 9.88 Å². The van der Waals surface area contributed by atoms with Gasteiger partial charge in [0.15, 0.2) is 0 Å². The maximum atomic E-state index is 12.2. The molecule has 1 N–H and O–H groups in total. The second-order valence-electron chi connectivity index (χ2n) is 6.50. The van der Waals surface area contributed by atoms with E-state index in [1.165, 1.54) is 12.8 Å². The van der Waals surface area contributed by atoms with Crippen LogP contribution >= 0.6 is 0 Å². The van der Waals surface area contributed by atoms with Crippen molar-refractivity contribution in [3.8, 4) is 5.75 Å². The molecule has 0 unspecified atom stereocenters. The van der Waals surface area contributed by atoms with Gasteiger partial charge in [0.05, 0.1) is 19.8 Å². The zero-order valence-corrected chi connectivity index (χ0v) is 16.0. The summed E-state index contributed by atoms with van der Waals surface area (Å²) in [7, 11) is 1.70. The van der Waals surface area contributed by atoms with E-state index in [-0.39, 0.29) is 12.0 Å². The third-order valence-electron chi connectivity index (χ3n) is 4.85. The van der Waals surface area contributed by atoms with Crippen molar-refractivity contribution in [3.63, 3.8) is 0 Å². The first-order valence-electron chi connectivity index (χ1n) is 9.47. The van der Waals surface area contributed by atoms with Crippen molar-refractivity contribution in [3.05, 3.63) is 53.7 Å². The second-order valence-corrected chi connectivity index (χ2v) is 6.50. The summed E-state index contributed by atoms with van der Waals surface area (Å²) in [6.45, 7) is 4.87. The highest BCUT2D eigenvalue weighted by Gasteiger charge is 2.26. The lowest BCUT2D eigenvalue weighted by molar-refractivity contribution is 0.0527. The SMILES string of the molecule is CCOC(=O)c1cccnc1NC[C@@H](c1ccccc1OC)N1CCCC1. The summed E-state index contributed by atoms with van der Waals surface area (Å²) >= 11 is 0. The molecule has 3 rings (SSSR count). The van der Waals surface area contributed by atoms with Crippen molar-refractivity contribution in [1.29, 1.82) is 0 Å². The zero-order valence-electron chi connectivity index (χ0n) is 16.0. The largest absolute Gasteiger partial charge is 0.496 e. The van der Waals surface area contributed by atoms with Crippen LogP contribution in [0.25, 0.3) is 0 Å². The van der Waals surface area contributed by atoms with Gasteiger partial charge in [0, 0.05) is 18.3 Å². The first-order valence-corrected chi connectivity index (χ1v) is 9.47. The molecule has 2 heterocycles. The molecule has 1 aromatic heterocycles. The lowest BCUT2D eigenvalue weighted by Gasteiger charge is -2.29. The Balaban J connectivity index is 1.83. The number of anilines is 1. The number of para-hydroxylation sites is 1. The highest BCUT2D eigenvalue weighted by Crippen LogP contribution is 2.32. The fourth-order valence-electron chi connectivity index (χ4n) is 3.54. The number of nitrogens with zero attached hydrogens (tertiary/aromatic N) is 2. The van der Waals surface area contributed by atoms with Gasteiger partial charge in [-0.2, -0.15) is 0 Å². The minimum Gasteiger partial charge on any atom is -0.496 e. The fourth-order valence-corrected chi connectivity index (χ4v) is 3.54. The maximum Gasteiger partial charge on any atom is 0.341 e. The van der Waals surface area contributed by atoms with Gasteiger partial charge in [0.1, 0.15) is 17.1 Å². The van der Waals surface area contributed by atoms with Crippen LogP contribution in [0, 0.1) is 0 Å². The Labute approximate surface area is 160 Å². The van der Waals surface area contributed by atoms with E-state index in [4.69, 9.17) is 9.47 Å². The lowest BCUT2D eigenvalue weighted by atomic mass is 10.0. The Bertz CT molecular complexity index is 760. The molecule has 1 fully saturated rings. The van der Waals surface area contributed by atoms with E-state index in [1.54, 1.807) is 32.4 Å². The molecule has 1 aliphatic rings. The summed E-state index contributed by atoms with van der Waals surface area (Å²) < 4.78 is 10.7. The fraction of sp³-hybridized carbons (Fsp3) is 0.429. The number of rotatable bonds is 8. The molecule has 1 atom stereocenters. The van der Waals surface area contributed by atoms with Crippen LogP contribution in [-0.4, -0.2) is 49.2 Å². The van der Waals surface area contributed by atoms with Crippen LogP contribution < -0.4 is 10.1 Å². The Morgan fingerprint density at radius 2 is 2.00 bits per heavy atom. The Morgan fingerprint density at radius 3 is 2.74 bits per heavy atom. The number of carbonyl (C=O) groups is 1. The number of carbonyl (C=O) groups excluding carboxylic acids is 1. The molecule has 144 valence electrons. The van der Waals surface area contributed by atoms with Gasteiger partial charge in [0.25, 0.3) is 0 Å². The molecule has 1 aliphatic heterocycles. The Kier molecular flexibility index (Phi) is 6.65. The van der Waals surface area contributed by atoms with Gasteiger partial charge >= 0.3 is 5.97 Å². The van der Waals surface area contributed by atoms with Crippen molar-refractivity contribution >= 4 is 11.8 Å². The minimum absolute atomic E-state index is 0.140. The lowest BCUT2D eigenvalue weighted by Crippen LogP contribution is -2.31. The predicted octanol–water partition coefficient (Wildman–Crippen LogP) is 3.52. The monoisotopic (exact) mass is 369 g/mol. The van der Waals surface area contributed by atoms with Gasteiger partial charge in [-0.15, -0.1) is 0 Å². The van der Waals surface area contributed by atoms with E-state index in [9.17, 15) is 4.79 Å². The third-order valence-corrected chi connectivity index (χ3v) is 4.85. The number of methoxy groups -OCH3 is 1. The summed E-state index contributed by atoms with van der Waals surface area (Å²) in [6, 6.07) is 11.7. The van der Waals surface area contributed by atoms with Crippen LogP contribution in [-0.2, 0) is 4.74 Å². The van der Waals surface area contributed by atoms with Crippen molar-refractivity contribution in [2.24, 2.45) is 0 Å². The molecule has 0 amide bonds. The normalized spacial score (nSPS) is 15.3. The smallest absolute Gasteiger partial charge is 0.341 e. The van der Waals surface area contributed by atoms with Crippen LogP contribution in [0.15, 0.2) is 42.6 Å². The molecule has 0 saturated carbocycles. The molecule has 6 heteroatoms. The van der Waals surface area contributed by atoms with Gasteiger partial charge in [-0.3, -0.25) is 4.90 Å². The summed E-state index contributed by atoms with van der Waals surface area (Å²) in [5, 5.41) is 3.37. The standard InChI is InChI=1S/C21H27N3O3/c1-3-27-21(25)17-10-8-12-22-20(17)23-15-18(24-13-6-7-14-24)16-9-4-5-11-19(16)26-2/h4-5,8-12,18H,3,6-7,13-15H2,1-2H3,(H,22,23)/t18-/m0/s1. The van der Waals surface area contributed by atoms with Crippen molar-refractivity contribution in [2.75, 3.05) is 38.7 Å². The topological polar surface area (TPSA) is 63.7 Å². The number of hydrogen-bond donors (Lipinski definition) is 1. The predicted molar refractivity (Wildman–Crippen MR) is 105 cm³/mol. The highest BCUT2D eigenvalue weighted by atomic mass is 16.5. The van der Waals surface area contributed by atoms with Gasteiger partial charge in [0.2, 0.25) is 0 Å². The highest BCUT2D eigenvalue weighted by molar-refractivity contribution is 5.94. The molecule has 6 nitrogen and oxygen atoms in total. The van der Waals surface area contributed by atoms with Crippen LogP contribution in [0.5, 0.6) is 5.75 Å². The number of ether oxygens (including phenoxy) is 2. The number of nitrogens with one attached hydrogen (secondary N) is 1. The molecule has 2 aromatic rings. The summed E-state index contributed by atoms with van der Waals surface area (Å²) in [4.78, 5) is 19.0. The van der Waals surface area contributed by atoms with Crippen molar-refractivity contribution in [2.45, 2.75) is 25.8 Å². The van der Waals surface area contributed by atoms with E-state index in [1.807, 2.05) is 18.2 Å². The molecule has 0 spiro atoms. The summed E-state index contributed by atoms with van der Waals surface area (Å²) in [5.74, 6) is 1.07. The number of esters is 1. The van der Waals surface area contributed by atoms with Crippen LogP contribution in [0.1, 0.15) is 41.7 Å². The van der Waals surface area contributed by atoms with Crippen molar-refractivity contribution < 1.29 is 14.3 Å². The summed E-state index contributed by atoms with van der Waals surface area (Å²) in [6.07, 6.45) is 4.08. The van der Waals surface area contributed by atoms with Gasteiger partial charge in [-0.1, -0.05) is 18.2 Å². The van der Waals surface area contributed by atoms with Gasteiger partial charge in [-0.05, 0) is 51.1 Å². The molecular weight excluding hydrogens is 342 g/mol. The first-order chi connectivity index (χ1) is 13.2. The number of hydrogen-bond acceptors (Lipinski definition) is 6. The van der Waals surface area contributed by atoms with E-state index < -0.39 is 0 Å². The Hall–Kier alpha value is -2.60. The van der Waals surface area contributed by atoms with E-state index in [0.717, 1.165) is 24.4 Å². The van der Waals surface area contributed by atoms with Gasteiger partial charge < -0.3 is 14.8 Å². The molecular formula is C21H27N3O3. The van der Waals surface area contributed by atoms with E-state index in [2.05, 4.69) is 21.3 Å². The van der Waals surface area contributed by atoms with Crippen LogP contribution in [0.2, 0.25) is 0 Å². The minimum atomic E-state index is -0.358.